The topological polar surface area (TPSA) is 54.0 Å². The van der Waals surface area contributed by atoms with Crippen LogP contribution in [0.3, 0.4) is 0 Å². The van der Waals surface area contributed by atoms with E-state index in [1.54, 1.807) is 0 Å². The van der Waals surface area contributed by atoms with Gasteiger partial charge in [-0.3, -0.25) is 0 Å². The third-order valence-corrected chi connectivity index (χ3v) is 4.13. The van der Waals surface area contributed by atoms with Crippen molar-refractivity contribution < 1.29 is 14.6 Å². The van der Waals surface area contributed by atoms with Gasteiger partial charge in [-0.05, 0) is 32.0 Å². The fourth-order valence-electron chi connectivity index (χ4n) is 2.85. The lowest BCUT2D eigenvalue weighted by Gasteiger charge is -2.42. The number of fused-ring (bicyclic) bond motifs is 1. The fourth-order valence-corrected chi connectivity index (χ4v) is 2.85. The molecule has 1 fully saturated rings. The highest BCUT2D eigenvalue weighted by molar-refractivity contribution is 5.57. The molecule has 5 nitrogen and oxygen atoms in total. The smallest absolute Gasteiger partial charge is 0.231 e. The highest BCUT2D eigenvalue weighted by atomic mass is 16.7. The van der Waals surface area contributed by atoms with Gasteiger partial charge in [0.15, 0.2) is 11.5 Å². The molecule has 1 aromatic carbocycles. The Bertz CT molecular complexity index is 460. The average Bonchev–Trinajstić information content (AvgIpc) is 2.94. The minimum atomic E-state index is -0.200. The van der Waals surface area contributed by atoms with E-state index in [1.165, 1.54) is 0 Å². The zero-order valence-electron chi connectivity index (χ0n) is 11.2. The number of piperidine rings is 1. The van der Waals surface area contributed by atoms with Gasteiger partial charge in [-0.25, -0.2) is 0 Å². The molecule has 19 heavy (non-hydrogen) atoms. The van der Waals surface area contributed by atoms with E-state index in [1.807, 2.05) is 19.2 Å². The second-order valence-corrected chi connectivity index (χ2v) is 5.25. The van der Waals surface area contributed by atoms with Crippen LogP contribution in [0, 0.1) is 0 Å². The predicted molar refractivity (Wildman–Crippen MR) is 72.9 cm³/mol. The molecule has 2 heterocycles. The van der Waals surface area contributed by atoms with Crippen molar-refractivity contribution in [3.05, 3.63) is 18.2 Å². The zero-order chi connectivity index (χ0) is 13.3. The predicted octanol–water partition coefficient (Wildman–Crippen LogP) is 0.966. The SMILES string of the molecule is CNC1(CO)CCCN(c2ccc3c(c2)OCO3)C1. The molecule has 2 N–H and O–H groups in total. The largest absolute Gasteiger partial charge is 0.454 e. The van der Waals surface area contributed by atoms with E-state index in [9.17, 15) is 5.11 Å². The molecular formula is C14H20N2O3. The summed E-state index contributed by atoms with van der Waals surface area (Å²) in [5, 5.41) is 12.9. The van der Waals surface area contributed by atoms with Crippen molar-refractivity contribution >= 4 is 5.69 Å². The van der Waals surface area contributed by atoms with Crippen LogP contribution in [-0.4, -0.2) is 44.2 Å². The van der Waals surface area contributed by atoms with Crippen molar-refractivity contribution in [2.75, 3.05) is 38.4 Å². The van der Waals surface area contributed by atoms with Gasteiger partial charge < -0.3 is 24.8 Å². The number of likely N-dealkylation sites (N-methyl/N-ethyl adjacent to an activating group) is 1. The maximum atomic E-state index is 9.63. The maximum absolute atomic E-state index is 9.63. The van der Waals surface area contributed by atoms with Gasteiger partial charge in [-0.1, -0.05) is 0 Å². The number of hydrogen-bond acceptors (Lipinski definition) is 5. The fraction of sp³-hybridized carbons (Fsp3) is 0.571. The molecule has 1 aromatic rings. The molecule has 104 valence electrons. The van der Waals surface area contributed by atoms with Crippen LogP contribution in [0.4, 0.5) is 5.69 Å². The van der Waals surface area contributed by atoms with Crippen molar-refractivity contribution in [3.63, 3.8) is 0 Å². The van der Waals surface area contributed by atoms with Gasteiger partial charge in [-0.15, -0.1) is 0 Å². The third-order valence-electron chi connectivity index (χ3n) is 4.13. The van der Waals surface area contributed by atoms with E-state index in [0.29, 0.717) is 6.79 Å². The van der Waals surface area contributed by atoms with Crippen molar-refractivity contribution in [3.8, 4) is 11.5 Å². The monoisotopic (exact) mass is 264 g/mol. The number of nitrogens with zero attached hydrogens (tertiary/aromatic N) is 1. The zero-order valence-corrected chi connectivity index (χ0v) is 11.2. The Hall–Kier alpha value is -1.46. The molecule has 0 amide bonds. The Morgan fingerprint density at radius 3 is 3.00 bits per heavy atom. The summed E-state index contributed by atoms with van der Waals surface area (Å²) >= 11 is 0. The van der Waals surface area contributed by atoms with Crippen LogP contribution < -0.4 is 19.7 Å². The van der Waals surface area contributed by atoms with Crippen LogP contribution in [0.15, 0.2) is 18.2 Å². The Balaban J connectivity index is 1.82. The second kappa shape index (κ2) is 4.90. The molecule has 0 bridgehead atoms. The van der Waals surface area contributed by atoms with Gasteiger partial charge >= 0.3 is 0 Å². The average molecular weight is 264 g/mol. The number of anilines is 1. The second-order valence-electron chi connectivity index (χ2n) is 5.25. The molecule has 0 spiro atoms. The van der Waals surface area contributed by atoms with Gasteiger partial charge in [-0.2, -0.15) is 0 Å². The summed E-state index contributed by atoms with van der Waals surface area (Å²) in [4.78, 5) is 2.29. The first-order chi connectivity index (χ1) is 9.26. The van der Waals surface area contributed by atoms with Crippen LogP contribution in [0.5, 0.6) is 11.5 Å². The first-order valence-corrected chi connectivity index (χ1v) is 6.71. The standard InChI is InChI=1S/C14H20N2O3/c1-15-14(9-17)5-2-6-16(8-14)11-3-4-12-13(7-11)19-10-18-12/h3-4,7,15,17H,2,5-6,8-10H2,1H3. The number of benzene rings is 1. The summed E-state index contributed by atoms with van der Waals surface area (Å²) in [7, 11) is 1.92. The first-order valence-electron chi connectivity index (χ1n) is 6.71. The maximum Gasteiger partial charge on any atom is 0.231 e. The van der Waals surface area contributed by atoms with Gasteiger partial charge in [0.2, 0.25) is 6.79 Å². The van der Waals surface area contributed by atoms with E-state index in [0.717, 1.165) is 43.1 Å². The number of nitrogens with one attached hydrogen (secondary N) is 1. The van der Waals surface area contributed by atoms with Crippen molar-refractivity contribution in [2.24, 2.45) is 0 Å². The molecule has 1 atom stereocenters. The van der Waals surface area contributed by atoms with Crippen LogP contribution in [0.25, 0.3) is 0 Å². The summed E-state index contributed by atoms with van der Waals surface area (Å²) < 4.78 is 10.8. The molecule has 5 heteroatoms. The van der Waals surface area contributed by atoms with Crippen LogP contribution >= 0.6 is 0 Å². The molecule has 1 saturated heterocycles. The Labute approximate surface area is 113 Å². The van der Waals surface area contributed by atoms with E-state index in [4.69, 9.17) is 9.47 Å². The Morgan fingerprint density at radius 2 is 2.21 bits per heavy atom. The van der Waals surface area contributed by atoms with Gasteiger partial charge in [0, 0.05) is 24.8 Å². The minimum Gasteiger partial charge on any atom is -0.454 e. The number of aliphatic hydroxyl groups excluding tert-OH is 1. The molecular weight excluding hydrogens is 244 g/mol. The molecule has 0 aromatic heterocycles. The summed E-state index contributed by atoms with van der Waals surface area (Å²) in [6.07, 6.45) is 2.07. The Kier molecular flexibility index (Phi) is 3.24. The van der Waals surface area contributed by atoms with Crippen molar-refractivity contribution in [1.29, 1.82) is 0 Å². The first kappa shape index (κ1) is 12.6. The minimum absolute atomic E-state index is 0.157. The quantitative estimate of drug-likeness (QED) is 0.852. The van der Waals surface area contributed by atoms with Crippen LogP contribution in [0.2, 0.25) is 0 Å². The van der Waals surface area contributed by atoms with E-state index < -0.39 is 0 Å². The lowest BCUT2D eigenvalue weighted by Crippen LogP contribution is -2.58. The number of rotatable bonds is 3. The Morgan fingerprint density at radius 1 is 1.37 bits per heavy atom. The van der Waals surface area contributed by atoms with E-state index >= 15 is 0 Å². The van der Waals surface area contributed by atoms with Crippen LogP contribution in [0.1, 0.15) is 12.8 Å². The molecule has 2 aliphatic rings. The highest BCUT2D eigenvalue weighted by Crippen LogP contribution is 2.36. The highest BCUT2D eigenvalue weighted by Gasteiger charge is 2.33. The van der Waals surface area contributed by atoms with Crippen molar-refractivity contribution in [2.45, 2.75) is 18.4 Å². The molecule has 0 aliphatic carbocycles. The van der Waals surface area contributed by atoms with Gasteiger partial charge in [0.05, 0.1) is 12.1 Å². The molecule has 0 saturated carbocycles. The lowest BCUT2D eigenvalue weighted by molar-refractivity contribution is 0.149. The van der Waals surface area contributed by atoms with Gasteiger partial charge in [0.1, 0.15) is 0 Å². The van der Waals surface area contributed by atoms with E-state index in [-0.39, 0.29) is 12.1 Å². The van der Waals surface area contributed by atoms with Crippen LogP contribution in [-0.2, 0) is 0 Å². The number of ether oxygens (including phenoxy) is 2. The molecule has 1 unspecified atom stereocenters. The van der Waals surface area contributed by atoms with E-state index in [2.05, 4.69) is 16.3 Å². The summed E-state index contributed by atoms with van der Waals surface area (Å²) in [5.74, 6) is 1.62. The normalized spacial score (nSPS) is 25.7. The summed E-state index contributed by atoms with van der Waals surface area (Å²) in [6.45, 7) is 2.27. The number of hydrogen-bond donors (Lipinski definition) is 2. The molecule has 3 rings (SSSR count). The van der Waals surface area contributed by atoms with Crippen molar-refractivity contribution in [1.82, 2.24) is 5.32 Å². The van der Waals surface area contributed by atoms with Gasteiger partial charge in [0.25, 0.3) is 0 Å². The molecule has 2 aliphatic heterocycles. The third kappa shape index (κ3) is 2.24. The lowest BCUT2D eigenvalue weighted by atomic mass is 9.89. The summed E-state index contributed by atoms with van der Waals surface area (Å²) in [6, 6.07) is 6.02. The molecule has 0 radical (unpaired) electrons. The number of aliphatic hydroxyl groups is 1. The summed E-state index contributed by atoms with van der Waals surface area (Å²) in [5.41, 5.74) is 0.922.